The van der Waals surface area contributed by atoms with Crippen LogP contribution in [0.5, 0.6) is 0 Å². The van der Waals surface area contributed by atoms with Gasteiger partial charge in [0.1, 0.15) is 11.2 Å². The molecule has 3 nitrogen and oxygen atoms in total. The van der Waals surface area contributed by atoms with Gasteiger partial charge in [-0.25, -0.2) is 9.97 Å². The lowest BCUT2D eigenvalue weighted by molar-refractivity contribution is 0.669. The molecule has 0 aliphatic rings. The van der Waals surface area contributed by atoms with Gasteiger partial charge in [0.25, 0.3) is 0 Å². The first-order valence-corrected chi connectivity index (χ1v) is 14.4. The molecule has 0 bridgehead atoms. The molecule has 0 spiro atoms. The van der Waals surface area contributed by atoms with E-state index in [2.05, 4.69) is 103 Å². The predicted octanol–water partition coefficient (Wildman–Crippen LogP) is 10.7. The van der Waals surface area contributed by atoms with E-state index in [9.17, 15) is 0 Å². The lowest BCUT2D eigenvalue weighted by Crippen LogP contribution is -1.96. The summed E-state index contributed by atoms with van der Waals surface area (Å²) in [5.41, 5.74) is 11.1. The quantitative estimate of drug-likeness (QED) is 0.214. The highest BCUT2D eigenvalue weighted by Gasteiger charge is 2.17. The molecule has 0 fully saturated rings. The number of furan rings is 1. The Kier molecular flexibility index (Phi) is 6.12. The maximum Gasteiger partial charge on any atom is 0.161 e. The van der Waals surface area contributed by atoms with E-state index >= 15 is 0 Å². The molecule has 0 radical (unpaired) electrons. The molecule has 2 heterocycles. The number of benzene rings is 6. The summed E-state index contributed by atoms with van der Waals surface area (Å²) in [6.45, 7) is 0. The minimum Gasteiger partial charge on any atom is -0.456 e. The van der Waals surface area contributed by atoms with Gasteiger partial charge in [-0.2, -0.15) is 0 Å². The molecule has 8 rings (SSSR count). The molecule has 0 atom stereocenters. The van der Waals surface area contributed by atoms with Crippen molar-refractivity contribution in [1.29, 1.82) is 0 Å². The zero-order valence-electron chi connectivity index (χ0n) is 23.3. The SMILES string of the molecule is c1ccc(-c2cccc(-c3ccc4oc5cccc(-c6nc(-c7ccccc7)cc(-c7ccccc7)n6)c5c4c3)c2)cc1. The van der Waals surface area contributed by atoms with Crippen LogP contribution >= 0.6 is 0 Å². The normalized spacial score (nSPS) is 11.3. The van der Waals surface area contributed by atoms with Crippen LogP contribution in [0, 0.1) is 0 Å². The van der Waals surface area contributed by atoms with Crippen LogP contribution in [-0.2, 0) is 0 Å². The van der Waals surface area contributed by atoms with Crippen LogP contribution in [0.1, 0.15) is 0 Å². The summed E-state index contributed by atoms with van der Waals surface area (Å²) in [6, 6.07) is 54.4. The zero-order valence-corrected chi connectivity index (χ0v) is 23.3. The average Bonchev–Trinajstić information content (AvgIpc) is 3.47. The standard InChI is InChI=1S/C40H26N2O/c1-4-12-27(13-5-1)30-18-10-19-31(24-30)32-22-23-37-34(25-32)39-33(20-11-21-38(39)43-37)40-41-35(28-14-6-2-7-15-28)26-36(42-40)29-16-8-3-9-17-29/h1-26H. The summed E-state index contributed by atoms with van der Waals surface area (Å²) in [6.07, 6.45) is 0. The van der Waals surface area contributed by atoms with Crippen LogP contribution in [0.2, 0.25) is 0 Å². The molecular weight excluding hydrogens is 524 g/mol. The Morgan fingerprint density at radius 2 is 0.907 bits per heavy atom. The molecule has 43 heavy (non-hydrogen) atoms. The monoisotopic (exact) mass is 550 g/mol. The summed E-state index contributed by atoms with van der Waals surface area (Å²) >= 11 is 0. The van der Waals surface area contributed by atoms with Crippen LogP contribution < -0.4 is 0 Å². The maximum atomic E-state index is 6.37. The molecule has 202 valence electrons. The van der Waals surface area contributed by atoms with Gasteiger partial charge in [0.15, 0.2) is 5.82 Å². The fraction of sp³-hybridized carbons (Fsp3) is 0. The second-order valence-electron chi connectivity index (χ2n) is 10.6. The minimum atomic E-state index is 0.671. The molecule has 0 aliphatic carbocycles. The third-order valence-electron chi connectivity index (χ3n) is 7.90. The molecule has 0 saturated heterocycles. The van der Waals surface area contributed by atoms with Crippen LogP contribution in [0.15, 0.2) is 162 Å². The Hall–Kier alpha value is -5.80. The lowest BCUT2D eigenvalue weighted by atomic mass is 9.97. The largest absolute Gasteiger partial charge is 0.456 e. The minimum absolute atomic E-state index is 0.671. The van der Waals surface area contributed by atoms with Crippen molar-refractivity contribution in [3.63, 3.8) is 0 Å². The van der Waals surface area contributed by atoms with Crippen molar-refractivity contribution in [3.05, 3.63) is 158 Å². The highest BCUT2D eigenvalue weighted by atomic mass is 16.3. The van der Waals surface area contributed by atoms with E-state index in [1.165, 1.54) is 11.1 Å². The second kappa shape index (κ2) is 10.6. The number of rotatable bonds is 5. The molecule has 0 saturated carbocycles. The van der Waals surface area contributed by atoms with Crippen LogP contribution in [-0.4, -0.2) is 9.97 Å². The first-order chi connectivity index (χ1) is 21.3. The Bertz CT molecular complexity index is 2160. The molecule has 0 unspecified atom stereocenters. The Labute approximate surface area is 249 Å². The number of hydrogen-bond acceptors (Lipinski definition) is 3. The van der Waals surface area contributed by atoms with Crippen molar-refractivity contribution in [3.8, 4) is 56.2 Å². The molecule has 0 amide bonds. The van der Waals surface area contributed by atoms with Gasteiger partial charge in [0, 0.05) is 27.5 Å². The molecule has 0 aliphatic heterocycles. The number of nitrogens with zero attached hydrogens (tertiary/aromatic N) is 2. The first kappa shape index (κ1) is 25.0. The Morgan fingerprint density at radius 1 is 0.372 bits per heavy atom. The van der Waals surface area contributed by atoms with E-state index in [1.54, 1.807) is 0 Å². The van der Waals surface area contributed by atoms with Crippen LogP contribution in [0.25, 0.3) is 78.1 Å². The highest BCUT2D eigenvalue weighted by Crippen LogP contribution is 2.39. The number of fused-ring (bicyclic) bond motifs is 3. The van der Waals surface area contributed by atoms with Gasteiger partial charge >= 0.3 is 0 Å². The van der Waals surface area contributed by atoms with Gasteiger partial charge in [0.05, 0.1) is 11.4 Å². The first-order valence-electron chi connectivity index (χ1n) is 14.4. The van der Waals surface area contributed by atoms with Gasteiger partial charge in [0.2, 0.25) is 0 Å². The molecular formula is C40H26N2O. The van der Waals surface area contributed by atoms with E-state index in [0.29, 0.717) is 5.82 Å². The van der Waals surface area contributed by atoms with E-state index in [-0.39, 0.29) is 0 Å². The third kappa shape index (κ3) is 4.67. The van der Waals surface area contributed by atoms with Gasteiger partial charge in [-0.1, -0.05) is 127 Å². The fourth-order valence-electron chi connectivity index (χ4n) is 5.78. The highest BCUT2D eigenvalue weighted by molar-refractivity contribution is 6.12. The molecule has 2 aromatic heterocycles. The molecule has 3 heteroatoms. The predicted molar refractivity (Wildman–Crippen MR) is 176 cm³/mol. The van der Waals surface area contributed by atoms with Crippen molar-refractivity contribution in [2.45, 2.75) is 0 Å². The summed E-state index contributed by atoms with van der Waals surface area (Å²) in [4.78, 5) is 10.2. The summed E-state index contributed by atoms with van der Waals surface area (Å²) in [5, 5.41) is 2.06. The topological polar surface area (TPSA) is 38.9 Å². The van der Waals surface area contributed by atoms with Gasteiger partial charge in [-0.05, 0) is 52.6 Å². The molecule has 0 N–H and O–H groups in total. The number of hydrogen-bond donors (Lipinski definition) is 0. The average molecular weight is 551 g/mol. The van der Waals surface area contributed by atoms with Crippen molar-refractivity contribution < 1.29 is 4.42 Å². The van der Waals surface area contributed by atoms with Crippen LogP contribution in [0.4, 0.5) is 0 Å². The maximum absolute atomic E-state index is 6.37. The second-order valence-corrected chi connectivity index (χ2v) is 10.6. The summed E-state index contributed by atoms with van der Waals surface area (Å²) in [5.74, 6) is 0.671. The Balaban J connectivity index is 1.32. The smallest absolute Gasteiger partial charge is 0.161 e. The Morgan fingerprint density at radius 3 is 1.56 bits per heavy atom. The zero-order chi connectivity index (χ0) is 28.6. The van der Waals surface area contributed by atoms with Gasteiger partial charge < -0.3 is 4.42 Å². The third-order valence-corrected chi connectivity index (χ3v) is 7.90. The number of aromatic nitrogens is 2. The van der Waals surface area contributed by atoms with Crippen molar-refractivity contribution in [2.24, 2.45) is 0 Å². The summed E-state index contributed by atoms with van der Waals surface area (Å²) in [7, 11) is 0. The van der Waals surface area contributed by atoms with Gasteiger partial charge in [-0.3, -0.25) is 0 Å². The van der Waals surface area contributed by atoms with Crippen molar-refractivity contribution in [2.75, 3.05) is 0 Å². The van der Waals surface area contributed by atoms with Gasteiger partial charge in [-0.15, -0.1) is 0 Å². The van der Waals surface area contributed by atoms with E-state index < -0.39 is 0 Å². The fourth-order valence-corrected chi connectivity index (χ4v) is 5.78. The van der Waals surface area contributed by atoms with Crippen molar-refractivity contribution in [1.82, 2.24) is 9.97 Å². The molecule has 8 aromatic rings. The lowest BCUT2D eigenvalue weighted by Gasteiger charge is -2.10. The summed E-state index contributed by atoms with van der Waals surface area (Å²) < 4.78 is 6.37. The van der Waals surface area contributed by atoms with E-state index in [4.69, 9.17) is 14.4 Å². The van der Waals surface area contributed by atoms with Crippen molar-refractivity contribution >= 4 is 21.9 Å². The van der Waals surface area contributed by atoms with Crippen LogP contribution in [0.3, 0.4) is 0 Å². The van der Waals surface area contributed by atoms with E-state index in [0.717, 1.165) is 61.1 Å². The molecule has 6 aromatic carbocycles. The van der Waals surface area contributed by atoms with E-state index in [1.807, 2.05) is 54.6 Å².